The van der Waals surface area contributed by atoms with Crippen molar-refractivity contribution >= 4 is 33.4 Å². The highest BCUT2D eigenvalue weighted by Gasteiger charge is 2.56. The minimum absolute atomic E-state index is 0.0806. The molecule has 0 heterocycles. The molecular weight excluding hydrogens is 380 g/mol. The maximum Gasteiger partial charge on any atom is 0.334 e. The van der Waals surface area contributed by atoms with Crippen LogP contribution in [0, 0.1) is 11.8 Å². The topological polar surface area (TPSA) is 86.7 Å². The number of carbonyl (C=O) groups excluding carboxylic acids is 2. The molecule has 1 aromatic rings. The van der Waals surface area contributed by atoms with Gasteiger partial charge in [0.25, 0.3) is 0 Å². The summed E-state index contributed by atoms with van der Waals surface area (Å²) >= 11 is 6.55. The number of rotatable bonds is 4. The van der Waals surface area contributed by atoms with E-state index in [4.69, 9.17) is 21.1 Å². The maximum absolute atomic E-state index is 13.2. The van der Waals surface area contributed by atoms with Gasteiger partial charge in [-0.2, -0.15) is 0 Å². The number of benzene rings is 1. The van der Waals surface area contributed by atoms with Gasteiger partial charge in [0.05, 0.1) is 40.9 Å². The van der Waals surface area contributed by atoms with Gasteiger partial charge in [-0.1, -0.05) is 18.2 Å². The lowest BCUT2D eigenvalue weighted by molar-refractivity contribution is -0.141. The van der Waals surface area contributed by atoms with E-state index in [1.807, 2.05) is 0 Å². The molecule has 0 radical (unpaired) electrons. The Morgan fingerprint density at radius 3 is 2.00 bits per heavy atom. The van der Waals surface area contributed by atoms with Gasteiger partial charge in [0, 0.05) is 11.8 Å². The molecule has 4 atom stereocenters. The zero-order chi connectivity index (χ0) is 19.1. The quantitative estimate of drug-likeness (QED) is 0.570. The Morgan fingerprint density at radius 2 is 1.46 bits per heavy atom. The highest BCUT2D eigenvalue weighted by atomic mass is 35.5. The molecule has 4 rings (SSSR count). The number of fused-ring (bicyclic) bond motifs is 2. The minimum atomic E-state index is -3.80. The molecule has 0 N–H and O–H groups in total. The molecule has 3 aliphatic rings. The van der Waals surface area contributed by atoms with E-state index >= 15 is 0 Å². The molecule has 2 bridgehead atoms. The van der Waals surface area contributed by atoms with Crippen LogP contribution in [0.25, 0.3) is 0 Å². The molecule has 1 saturated carbocycles. The normalized spacial score (nSPS) is 28.0. The summed E-state index contributed by atoms with van der Waals surface area (Å²) in [5.41, 5.74) is 0.229. The Kier molecular flexibility index (Phi) is 5.12. The second-order valence-corrected chi connectivity index (χ2v) is 8.98. The summed E-state index contributed by atoms with van der Waals surface area (Å²) in [4.78, 5) is 24.8. The van der Waals surface area contributed by atoms with Gasteiger partial charge in [0.2, 0.25) is 0 Å². The zero-order valence-corrected chi connectivity index (χ0v) is 15.9. The molecule has 140 valence electrons. The average molecular weight is 399 g/mol. The van der Waals surface area contributed by atoms with Gasteiger partial charge in [-0.15, -0.1) is 11.6 Å². The average Bonchev–Trinajstić information content (AvgIpc) is 2.66. The van der Waals surface area contributed by atoms with Crippen LogP contribution < -0.4 is 0 Å². The van der Waals surface area contributed by atoms with Crippen LogP contribution in [-0.2, 0) is 28.9 Å². The molecular formula is C18H19ClO6S. The molecule has 0 amide bonds. The molecule has 1 aromatic carbocycles. The first kappa shape index (κ1) is 18.9. The number of halogens is 1. The van der Waals surface area contributed by atoms with Crippen molar-refractivity contribution in [3.63, 3.8) is 0 Å². The summed E-state index contributed by atoms with van der Waals surface area (Å²) in [6.07, 6.45) is 0.958. The fourth-order valence-electron chi connectivity index (χ4n) is 4.04. The number of carbonyl (C=O) groups is 2. The van der Waals surface area contributed by atoms with Gasteiger partial charge >= 0.3 is 11.9 Å². The number of ether oxygens (including phenoxy) is 2. The van der Waals surface area contributed by atoms with E-state index in [0.29, 0.717) is 12.8 Å². The first-order valence-corrected chi connectivity index (χ1v) is 10.2. The number of sulfone groups is 1. The van der Waals surface area contributed by atoms with Crippen LogP contribution in [0.4, 0.5) is 0 Å². The van der Waals surface area contributed by atoms with Crippen LogP contribution in [0.1, 0.15) is 12.8 Å². The molecule has 3 aliphatic carbocycles. The van der Waals surface area contributed by atoms with Crippen molar-refractivity contribution in [2.24, 2.45) is 11.8 Å². The highest BCUT2D eigenvalue weighted by molar-refractivity contribution is 7.92. The molecule has 26 heavy (non-hydrogen) atoms. The Labute approximate surface area is 157 Å². The van der Waals surface area contributed by atoms with E-state index in [1.54, 1.807) is 18.2 Å². The molecule has 0 spiro atoms. The van der Waals surface area contributed by atoms with Crippen molar-refractivity contribution in [2.75, 3.05) is 14.2 Å². The van der Waals surface area contributed by atoms with Gasteiger partial charge in [-0.3, -0.25) is 0 Å². The summed E-state index contributed by atoms with van der Waals surface area (Å²) in [6.45, 7) is 0. The lowest BCUT2D eigenvalue weighted by Crippen LogP contribution is -2.53. The fraction of sp³-hybridized carbons (Fsp3) is 0.444. The Balaban J connectivity index is 2.16. The zero-order valence-electron chi connectivity index (χ0n) is 14.3. The molecule has 0 aromatic heterocycles. The van der Waals surface area contributed by atoms with Gasteiger partial charge in [-0.05, 0) is 25.0 Å². The summed E-state index contributed by atoms with van der Waals surface area (Å²) in [7, 11) is -1.38. The third-order valence-electron chi connectivity index (χ3n) is 5.16. The molecule has 0 aliphatic heterocycles. The summed E-state index contributed by atoms with van der Waals surface area (Å²) in [5.74, 6) is -2.67. The second kappa shape index (κ2) is 7.04. The monoisotopic (exact) mass is 398 g/mol. The fourth-order valence-corrected chi connectivity index (χ4v) is 6.96. The highest BCUT2D eigenvalue weighted by Crippen LogP contribution is 2.51. The van der Waals surface area contributed by atoms with Gasteiger partial charge in [0.1, 0.15) is 0 Å². The SMILES string of the molecule is COC(=O)C1=C(C(=O)OC)[C@@H]2CC[C@H]1[C@@H](Cl)[C@@H]2S(=O)(=O)c1ccccc1. The number of hydrogen-bond donors (Lipinski definition) is 0. The lowest BCUT2D eigenvalue weighted by Gasteiger charge is -2.46. The molecule has 6 nitrogen and oxygen atoms in total. The van der Waals surface area contributed by atoms with E-state index in [-0.39, 0.29) is 16.0 Å². The second-order valence-electron chi connectivity index (χ2n) is 6.37. The minimum Gasteiger partial charge on any atom is -0.466 e. The van der Waals surface area contributed by atoms with Crippen molar-refractivity contribution in [1.82, 2.24) is 0 Å². The lowest BCUT2D eigenvalue weighted by atomic mass is 9.66. The van der Waals surface area contributed by atoms with E-state index < -0.39 is 44.2 Å². The summed E-state index contributed by atoms with van der Waals surface area (Å²) in [5, 5.41) is -1.84. The van der Waals surface area contributed by atoms with E-state index in [0.717, 1.165) is 0 Å². The Morgan fingerprint density at radius 1 is 0.962 bits per heavy atom. The van der Waals surface area contributed by atoms with Crippen molar-refractivity contribution in [3.8, 4) is 0 Å². The Bertz CT molecular complexity index is 861. The standard InChI is InChI=1S/C18H19ClO6S/c1-24-17(20)13-11-8-9-12(14(13)18(21)25-2)16(15(11)19)26(22,23)10-6-4-3-5-7-10/h3-7,11-12,15-16H,8-9H2,1-2H3/t11-,12+,15-,16-/m1/s1. The van der Waals surface area contributed by atoms with Crippen molar-refractivity contribution in [2.45, 2.75) is 28.4 Å². The van der Waals surface area contributed by atoms with E-state index in [9.17, 15) is 18.0 Å². The summed E-state index contributed by atoms with van der Waals surface area (Å²) < 4.78 is 36.1. The third kappa shape index (κ3) is 2.83. The predicted octanol–water partition coefficient (Wildman–Crippen LogP) is 2.12. The largest absolute Gasteiger partial charge is 0.466 e. The van der Waals surface area contributed by atoms with E-state index in [1.165, 1.54) is 26.4 Å². The first-order valence-electron chi connectivity index (χ1n) is 8.18. The molecule has 8 heteroatoms. The number of esters is 2. The van der Waals surface area contributed by atoms with Gasteiger partial charge < -0.3 is 9.47 Å². The van der Waals surface area contributed by atoms with Crippen molar-refractivity contribution < 1.29 is 27.5 Å². The van der Waals surface area contributed by atoms with Gasteiger partial charge in [-0.25, -0.2) is 18.0 Å². The van der Waals surface area contributed by atoms with Gasteiger partial charge in [0.15, 0.2) is 9.84 Å². The van der Waals surface area contributed by atoms with Crippen molar-refractivity contribution in [1.29, 1.82) is 0 Å². The Hall–Kier alpha value is -1.86. The van der Waals surface area contributed by atoms with Crippen molar-refractivity contribution in [3.05, 3.63) is 41.5 Å². The molecule has 1 fully saturated rings. The van der Waals surface area contributed by atoms with Crippen LogP contribution in [0.2, 0.25) is 0 Å². The number of alkyl halides is 1. The number of hydrogen-bond acceptors (Lipinski definition) is 6. The number of methoxy groups -OCH3 is 2. The molecule has 0 unspecified atom stereocenters. The predicted molar refractivity (Wildman–Crippen MR) is 94.3 cm³/mol. The maximum atomic E-state index is 13.2. The van der Waals surface area contributed by atoms with Crippen LogP contribution in [0.3, 0.4) is 0 Å². The first-order chi connectivity index (χ1) is 12.3. The smallest absolute Gasteiger partial charge is 0.334 e. The van der Waals surface area contributed by atoms with Crippen LogP contribution in [0.5, 0.6) is 0 Å². The summed E-state index contributed by atoms with van der Waals surface area (Å²) in [6, 6.07) is 8.00. The van der Waals surface area contributed by atoms with E-state index in [2.05, 4.69) is 0 Å². The molecule has 0 saturated heterocycles. The third-order valence-corrected chi connectivity index (χ3v) is 8.15. The van der Waals surface area contributed by atoms with Crippen LogP contribution in [-0.4, -0.2) is 45.2 Å². The van der Waals surface area contributed by atoms with Crippen LogP contribution in [0.15, 0.2) is 46.4 Å². The van der Waals surface area contributed by atoms with Crippen LogP contribution >= 0.6 is 11.6 Å².